The zero-order valence-corrected chi connectivity index (χ0v) is 16.4. The lowest BCUT2D eigenvalue weighted by molar-refractivity contribution is -0.127. The van der Waals surface area contributed by atoms with E-state index in [0.29, 0.717) is 12.0 Å². The van der Waals surface area contributed by atoms with Gasteiger partial charge in [0.05, 0.1) is 6.04 Å². The van der Waals surface area contributed by atoms with Gasteiger partial charge in [0, 0.05) is 20.1 Å². The highest BCUT2D eigenvalue weighted by Gasteiger charge is 2.11. The van der Waals surface area contributed by atoms with Crippen LogP contribution in [0.2, 0.25) is 0 Å². The average molecular weight is 347 g/mol. The Kier molecular flexibility index (Phi) is 9.66. The molecule has 0 spiro atoms. The van der Waals surface area contributed by atoms with Crippen molar-refractivity contribution in [2.45, 2.75) is 58.5 Å². The van der Waals surface area contributed by atoms with Gasteiger partial charge in [-0.15, -0.1) is 0 Å². The van der Waals surface area contributed by atoms with Gasteiger partial charge in [-0.3, -0.25) is 4.79 Å². The molecule has 140 valence electrons. The molecule has 1 aromatic rings. The van der Waals surface area contributed by atoms with Crippen molar-refractivity contribution in [3.8, 4) is 0 Å². The molecular formula is C20H34N4O. The zero-order valence-electron chi connectivity index (χ0n) is 16.4. The second-order valence-corrected chi connectivity index (χ2v) is 6.77. The van der Waals surface area contributed by atoms with Crippen LogP contribution in [-0.4, -0.2) is 43.4 Å². The van der Waals surface area contributed by atoms with E-state index in [9.17, 15) is 4.79 Å². The molecule has 0 bridgehead atoms. The highest BCUT2D eigenvalue weighted by Crippen LogP contribution is 2.11. The molecule has 25 heavy (non-hydrogen) atoms. The molecule has 5 nitrogen and oxygen atoms in total. The van der Waals surface area contributed by atoms with E-state index in [2.05, 4.69) is 48.5 Å². The van der Waals surface area contributed by atoms with Gasteiger partial charge in [0.15, 0.2) is 5.96 Å². The molecule has 0 aliphatic heterocycles. The fourth-order valence-corrected chi connectivity index (χ4v) is 2.46. The molecule has 1 aromatic carbocycles. The lowest BCUT2D eigenvalue weighted by Gasteiger charge is -2.22. The van der Waals surface area contributed by atoms with Crippen LogP contribution in [0.25, 0.3) is 0 Å². The van der Waals surface area contributed by atoms with E-state index >= 15 is 0 Å². The summed E-state index contributed by atoms with van der Waals surface area (Å²) in [4.78, 5) is 17.9. The molecule has 0 radical (unpaired) electrons. The van der Waals surface area contributed by atoms with Crippen LogP contribution in [-0.2, 0) is 4.79 Å². The van der Waals surface area contributed by atoms with Crippen LogP contribution in [0, 0.1) is 0 Å². The molecule has 2 unspecified atom stereocenters. The number of benzene rings is 1. The Balaban J connectivity index is 2.72. The van der Waals surface area contributed by atoms with Gasteiger partial charge in [0.2, 0.25) is 5.91 Å². The third-order valence-electron chi connectivity index (χ3n) is 4.15. The zero-order chi connectivity index (χ0) is 18.7. The summed E-state index contributed by atoms with van der Waals surface area (Å²) in [7, 11) is 3.50. The minimum atomic E-state index is -0.00731. The molecule has 0 heterocycles. The van der Waals surface area contributed by atoms with Crippen LogP contribution < -0.4 is 10.6 Å². The number of nitrogens with zero attached hydrogens (tertiary/aromatic N) is 2. The third-order valence-corrected chi connectivity index (χ3v) is 4.15. The summed E-state index contributed by atoms with van der Waals surface area (Å²) in [5.41, 5.74) is 1.19. The molecule has 0 aromatic heterocycles. The minimum absolute atomic E-state index is 0.00731. The van der Waals surface area contributed by atoms with E-state index in [1.807, 2.05) is 18.2 Å². The van der Waals surface area contributed by atoms with Crippen molar-refractivity contribution in [3.05, 3.63) is 35.9 Å². The summed E-state index contributed by atoms with van der Waals surface area (Å²) in [5, 5.41) is 6.86. The average Bonchev–Trinajstić information content (AvgIpc) is 2.60. The fraction of sp³-hybridized carbons (Fsp3) is 0.600. The molecule has 5 heteroatoms. The number of hydrogen-bond donors (Lipinski definition) is 2. The van der Waals surface area contributed by atoms with Crippen LogP contribution in [0.1, 0.15) is 58.1 Å². The molecule has 2 atom stereocenters. The van der Waals surface area contributed by atoms with Gasteiger partial charge in [-0.05, 0) is 25.8 Å². The third kappa shape index (κ3) is 8.57. The molecule has 0 saturated carbocycles. The highest BCUT2D eigenvalue weighted by molar-refractivity contribution is 5.85. The van der Waals surface area contributed by atoms with Gasteiger partial charge in [-0.1, -0.05) is 56.5 Å². The first kappa shape index (κ1) is 21.0. The maximum absolute atomic E-state index is 11.9. The number of likely N-dealkylation sites (N-methyl/N-ethyl adjacent to an activating group) is 1. The van der Waals surface area contributed by atoms with Crippen LogP contribution in [0.15, 0.2) is 35.3 Å². The first-order chi connectivity index (χ1) is 11.9. The Morgan fingerprint density at radius 2 is 1.80 bits per heavy atom. The van der Waals surface area contributed by atoms with Crippen LogP contribution in [0.3, 0.4) is 0 Å². The second-order valence-electron chi connectivity index (χ2n) is 6.77. The van der Waals surface area contributed by atoms with Crippen LogP contribution >= 0.6 is 0 Å². The molecular weight excluding hydrogens is 312 g/mol. The van der Waals surface area contributed by atoms with E-state index in [1.54, 1.807) is 19.0 Å². The number of hydrogen-bond acceptors (Lipinski definition) is 2. The Bertz CT molecular complexity index is 528. The molecule has 0 saturated heterocycles. The molecule has 0 aliphatic carbocycles. The lowest BCUT2D eigenvalue weighted by atomic mass is 10.1. The second kappa shape index (κ2) is 11.5. The molecule has 0 aliphatic rings. The van der Waals surface area contributed by atoms with Gasteiger partial charge < -0.3 is 15.5 Å². The topological polar surface area (TPSA) is 56.7 Å². The number of guanidine groups is 1. The summed E-state index contributed by atoms with van der Waals surface area (Å²) in [6.07, 6.45) is 4.75. The predicted molar refractivity (Wildman–Crippen MR) is 106 cm³/mol. The van der Waals surface area contributed by atoms with Crippen molar-refractivity contribution >= 4 is 11.9 Å². The van der Waals surface area contributed by atoms with E-state index < -0.39 is 0 Å². The molecule has 1 amide bonds. The summed E-state index contributed by atoms with van der Waals surface area (Å²) in [6.45, 7) is 6.61. The summed E-state index contributed by atoms with van der Waals surface area (Å²) >= 11 is 0. The summed E-state index contributed by atoms with van der Waals surface area (Å²) < 4.78 is 0. The van der Waals surface area contributed by atoms with Crippen molar-refractivity contribution in [1.29, 1.82) is 0 Å². The molecule has 1 rings (SSSR count). The SMILES string of the molecule is CCCCCC(C)NC(=NCC(=O)N(C)C)NC(C)c1ccccc1. The predicted octanol–water partition coefficient (Wildman–Crippen LogP) is 3.34. The van der Waals surface area contributed by atoms with E-state index in [-0.39, 0.29) is 18.5 Å². The van der Waals surface area contributed by atoms with Crippen molar-refractivity contribution in [2.75, 3.05) is 20.6 Å². The first-order valence-electron chi connectivity index (χ1n) is 9.26. The fourth-order valence-electron chi connectivity index (χ4n) is 2.46. The van der Waals surface area contributed by atoms with Gasteiger partial charge in [0.25, 0.3) is 0 Å². The Morgan fingerprint density at radius 1 is 1.12 bits per heavy atom. The number of carbonyl (C=O) groups is 1. The Hall–Kier alpha value is -2.04. The highest BCUT2D eigenvalue weighted by atomic mass is 16.2. The number of aliphatic imine (C=N–C) groups is 1. The quantitative estimate of drug-likeness (QED) is 0.410. The van der Waals surface area contributed by atoms with Crippen molar-refractivity contribution < 1.29 is 4.79 Å². The van der Waals surface area contributed by atoms with Crippen molar-refractivity contribution in [1.82, 2.24) is 15.5 Å². The van der Waals surface area contributed by atoms with E-state index in [1.165, 1.54) is 24.8 Å². The number of nitrogens with one attached hydrogen (secondary N) is 2. The van der Waals surface area contributed by atoms with Crippen LogP contribution in [0.5, 0.6) is 0 Å². The van der Waals surface area contributed by atoms with Gasteiger partial charge in [-0.2, -0.15) is 0 Å². The number of unbranched alkanes of at least 4 members (excludes halogenated alkanes) is 2. The van der Waals surface area contributed by atoms with Gasteiger partial charge in [0.1, 0.15) is 6.54 Å². The number of amides is 1. The maximum Gasteiger partial charge on any atom is 0.243 e. The van der Waals surface area contributed by atoms with Crippen molar-refractivity contribution in [3.63, 3.8) is 0 Å². The Labute approximate surface area is 152 Å². The van der Waals surface area contributed by atoms with E-state index in [4.69, 9.17) is 0 Å². The van der Waals surface area contributed by atoms with Crippen LogP contribution in [0.4, 0.5) is 0 Å². The van der Waals surface area contributed by atoms with Crippen molar-refractivity contribution in [2.24, 2.45) is 4.99 Å². The largest absolute Gasteiger partial charge is 0.354 e. The molecule has 2 N–H and O–H groups in total. The monoisotopic (exact) mass is 346 g/mol. The van der Waals surface area contributed by atoms with Gasteiger partial charge >= 0.3 is 0 Å². The van der Waals surface area contributed by atoms with Gasteiger partial charge in [-0.25, -0.2) is 4.99 Å². The summed E-state index contributed by atoms with van der Waals surface area (Å²) in [6, 6.07) is 10.7. The lowest BCUT2D eigenvalue weighted by Crippen LogP contribution is -2.44. The standard InChI is InChI=1S/C20H34N4O/c1-6-7-9-12-16(2)22-20(21-15-19(25)24(4)5)23-17(3)18-13-10-8-11-14-18/h8,10-11,13-14,16-17H,6-7,9,12,15H2,1-5H3,(H2,21,22,23). The summed E-state index contributed by atoms with van der Waals surface area (Å²) in [5.74, 6) is 0.683. The smallest absolute Gasteiger partial charge is 0.243 e. The normalized spacial score (nSPS) is 13.9. The maximum atomic E-state index is 11.9. The Morgan fingerprint density at radius 3 is 2.40 bits per heavy atom. The first-order valence-corrected chi connectivity index (χ1v) is 9.26. The van der Waals surface area contributed by atoms with E-state index in [0.717, 1.165) is 6.42 Å². The number of rotatable bonds is 9. The number of carbonyl (C=O) groups excluding carboxylic acids is 1. The minimum Gasteiger partial charge on any atom is -0.354 e. The molecule has 0 fully saturated rings.